The van der Waals surface area contributed by atoms with E-state index in [-0.39, 0.29) is 17.2 Å². The molecule has 2 fully saturated rings. The standard InChI is InChI=1S/C23H29N5O4/c1-14-10-12-23(13-11-14)21(31)27(22(32)25-23)16(3)19(29)24-18-15(2)26(4)28(20(18)30)17-8-6-5-7-9-17/h5-9,14,16H,10-13H2,1-4H3,(H,24,29)(H,25,32)/t14?,16-,23?/m0/s1. The summed E-state index contributed by atoms with van der Waals surface area (Å²) in [5, 5.41) is 5.49. The summed E-state index contributed by atoms with van der Waals surface area (Å²) in [6, 6.07) is 7.49. The lowest BCUT2D eigenvalue weighted by Crippen LogP contribution is -2.51. The van der Waals surface area contributed by atoms with E-state index in [9.17, 15) is 19.2 Å². The minimum Gasteiger partial charge on any atom is -0.323 e. The van der Waals surface area contributed by atoms with Crippen LogP contribution in [0.4, 0.5) is 10.5 Å². The van der Waals surface area contributed by atoms with Crippen LogP contribution in [0.25, 0.3) is 5.69 Å². The first-order valence-electron chi connectivity index (χ1n) is 11.0. The Morgan fingerprint density at radius 1 is 1.16 bits per heavy atom. The first-order valence-corrected chi connectivity index (χ1v) is 11.0. The molecule has 1 aromatic carbocycles. The van der Waals surface area contributed by atoms with Gasteiger partial charge in [-0.25, -0.2) is 14.4 Å². The van der Waals surface area contributed by atoms with Crippen LogP contribution in [0.1, 0.15) is 45.2 Å². The number of nitrogens with zero attached hydrogens (tertiary/aromatic N) is 3. The van der Waals surface area contributed by atoms with Crippen LogP contribution in [-0.4, -0.2) is 43.7 Å². The number of aromatic nitrogens is 2. The Balaban J connectivity index is 1.57. The fourth-order valence-corrected chi connectivity index (χ4v) is 4.64. The zero-order valence-electron chi connectivity index (χ0n) is 18.8. The van der Waals surface area contributed by atoms with Gasteiger partial charge < -0.3 is 10.6 Å². The van der Waals surface area contributed by atoms with Gasteiger partial charge in [0.05, 0.1) is 11.4 Å². The Morgan fingerprint density at radius 3 is 2.41 bits per heavy atom. The van der Waals surface area contributed by atoms with Gasteiger partial charge in [0.25, 0.3) is 11.5 Å². The number of rotatable bonds is 4. The van der Waals surface area contributed by atoms with Crippen molar-refractivity contribution in [3.05, 3.63) is 46.4 Å². The molecule has 4 rings (SSSR count). The van der Waals surface area contributed by atoms with Crippen LogP contribution >= 0.6 is 0 Å². The van der Waals surface area contributed by atoms with E-state index in [2.05, 4.69) is 17.6 Å². The number of anilines is 1. The lowest BCUT2D eigenvalue weighted by Gasteiger charge is -2.34. The largest absolute Gasteiger partial charge is 0.325 e. The van der Waals surface area contributed by atoms with Gasteiger partial charge in [0, 0.05) is 7.05 Å². The Morgan fingerprint density at radius 2 is 1.78 bits per heavy atom. The van der Waals surface area contributed by atoms with Gasteiger partial charge in [-0.1, -0.05) is 25.1 Å². The molecular formula is C23H29N5O4. The molecule has 9 heteroatoms. The third kappa shape index (κ3) is 3.41. The zero-order valence-corrected chi connectivity index (χ0v) is 18.8. The van der Waals surface area contributed by atoms with Gasteiger partial charge in [-0.05, 0) is 57.6 Å². The maximum Gasteiger partial charge on any atom is 0.325 e. The topological polar surface area (TPSA) is 105 Å². The summed E-state index contributed by atoms with van der Waals surface area (Å²) in [6.07, 6.45) is 2.84. The summed E-state index contributed by atoms with van der Waals surface area (Å²) in [5.74, 6) is -0.433. The summed E-state index contributed by atoms with van der Waals surface area (Å²) in [7, 11) is 1.73. The molecule has 0 unspecified atom stereocenters. The summed E-state index contributed by atoms with van der Waals surface area (Å²) in [6.45, 7) is 5.37. The van der Waals surface area contributed by atoms with Gasteiger partial charge in [0.2, 0.25) is 5.91 Å². The van der Waals surface area contributed by atoms with Crippen molar-refractivity contribution in [2.75, 3.05) is 5.32 Å². The lowest BCUT2D eigenvalue weighted by molar-refractivity contribution is -0.137. The average Bonchev–Trinajstić information content (AvgIpc) is 3.14. The van der Waals surface area contributed by atoms with Crippen molar-refractivity contribution in [1.82, 2.24) is 19.6 Å². The number of carbonyl (C=O) groups excluding carboxylic acids is 3. The van der Waals surface area contributed by atoms with E-state index in [4.69, 9.17) is 0 Å². The fourth-order valence-electron chi connectivity index (χ4n) is 4.64. The zero-order chi connectivity index (χ0) is 23.2. The van der Waals surface area contributed by atoms with Crippen molar-refractivity contribution >= 4 is 23.5 Å². The molecule has 2 aromatic rings. The molecule has 1 spiro atoms. The number of para-hydroxylation sites is 1. The van der Waals surface area contributed by atoms with Gasteiger partial charge in [-0.3, -0.25) is 19.1 Å². The molecule has 170 valence electrons. The van der Waals surface area contributed by atoms with E-state index < -0.39 is 23.5 Å². The first-order chi connectivity index (χ1) is 15.2. The second-order valence-corrected chi connectivity index (χ2v) is 8.97. The van der Waals surface area contributed by atoms with Gasteiger partial charge in [-0.2, -0.15) is 0 Å². The van der Waals surface area contributed by atoms with Gasteiger partial charge >= 0.3 is 6.03 Å². The van der Waals surface area contributed by atoms with Crippen molar-refractivity contribution in [1.29, 1.82) is 0 Å². The summed E-state index contributed by atoms with van der Waals surface area (Å²) < 4.78 is 3.12. The second-order valence-electron chi connectivity index (χ2n) is 8.97. The van der Waals surface area contributed by atoms with Crippen LogP contribution in [0.15, 0.2) is 35.1 Å². The molecule has 32 heavy (non-hydrogen) atoms. The number of hydrogen-bond acceptors (Lipinski definition) is 4. The highest BCUT2D eigenvalue weighted by atomic mass is 16.2. The number of amides is 4. The molecule has 0 radical (unpaired) electrons. The Hall–Kier alpha value is -3.36. The molecule has 1 saturated carbocycles. The van der Waals surface area contributed by atoms with Crippen molar-refractivity contribution in [2.24, 2.45) is 13.0 Å². The number of nitrogens with one attached hydrogen (secondary N) is 2. The smallest absolute Gasteiger partial charge is 0.323 e. The summed E-state index contributed by atoms with van der Waals surface area (Å²) in [4.78, 5) is 52.9. The first kappa shape index (κ1) is 21.9. The van der Waals surface area contributed by atoms with Crippen LogP contribution in [0.5, 0.6) is 0 Å². The third-order valence-electron chi connectivity index (χ3n) is 6.89. The quantitative estimate of drug-likeness (QED) is 0.713. The van der Waals surface area contributed by atoms with Crippen LogP contribution < -0.4 is 16.2 Å². The lowest BCUT2D eigenvalue weighted by atomic mass is 9.77. The van der Waals surface area contributed by atoms with E-state index in [1.807, 2.05) is 18.2 Å². The molecule has 1 aliphatic heterocycles. The second kappa shape index (κ2) is 7.96. The van der Waals surface area contributed by atoms with Gasteiger partial charge in [-0.15, -0.1) is 0 Å². The number of hydrogen-bond donors (Lipinski definition) is 2. The number of imide groups is 1. The molecule has 2 aliphatic rings. The van der Waals surface area contributed by atoms with E-state index in [1.165, 1.54) is 11.6 Å². The average molecular weight is 440 g/mol. The predicted molar refractivity (Wildman–Crippen MR) is 120 cm³/mol. The highest BCUT2D eigenvalue weighted by molar-refractivity contribution is 6.11. The van der Waals surface area contributed by atoms with E-state index >= 15 is 0 Å². The molecule has 9 nitrogen and oxygen atoms in total. The minimum atomic E-state index is -1.05. The fraction of sp³-hybridized carbons (Fsp3) is 0.478. The maximum absolute atomic E-state index is 13.2. The molecular weight excluding hydrogens is 410 g/mol. The predicted octanol–water partition coefficient (Wildman–Crippen LogP) is 2.31. The van der Waals surface area contributed by atoms with Gasteiger partial charge in [0.1, 0.15) is 17.3 Å². The SMILES string of the molecule is Cc1c(NC(=O)[C@H](C)N2C(=O)NC3(CCC(C)CC3)C2=O)c(=O)n(-c2ccccc2)n1C. The Kier molecular flexibility index (Phi) is 5.44. The summed E-state index contributed by atoms with van der Waals surface area (Å²) in [5.41, 5.74) is 0.0580. The molecule has 1 saturated heterocycles. The Labute approximate surface area is 186 Å². The van der Waals surface area contributed by atoms with Crippen molar-refractivity contribution in [3.8, 4) is 5.69 Å². The normalized spacial score (nSPS) is 24.0. The minimum absolute atomic E-state index is 0.126. The Bertz CT molecular complexity index is 1130. The van der Waals surface area contributed by atoms with Crippen LogP contribution in [0.2, 0.25) is 0 Å². The third-order valence-corrected chi connectivity index (χ3v) is 6.89. The number of urea groups is 1. The van der Waals surface area contributed by atoms with Gasteiger partial charge in [0.15, 0.2) is 0 Å². The monoisotopic (exact) mass is 439 g/mol. The molecule has 2 N–H and O–H groups in total. The van der Waals surface area contributed by atoms with Crippen LogP contribution in [0.3, 0.4) is 0 Å². The van der Waals surface area contributed by atoms with E-state index in [1.54, 1.807) is 30.8 Å². The van der Waals surface area contributed by atoms with Crippen LogP contribution in [0, 0.1) is 12.8 Å². The van der Waals surface area contributed by atoms with Crippen molar-refractivity contribution < 1.29 is 14.4 Å². The highest BCUT2D eigenvalue weighted by Gasteiger charge is 2.54. The van der Waals surface area contributed by atoms with Crippen molar-refractivity contribution in [3.63, 3.8) is 0 Å². The number of carbonyl (C=O) groups is 3. The van der Waals surface area contributed by atoms with Crippen molar-refractivity contribution in [2.45, 2.75) is 58.0 Å². The maximum atomic E-state index is 13.2. The molecule has 4 amide bonds. The van der Waals surface area contributed by atoms with E-state index in [0.717, 1.165) is 17.7 Å². The number of benzene rings is 1. The molecule has 1 atom stereocenters. The summed E-state index contributed by atoms with van der Waals surface area (Å²) >= 11 is 0. The molecule has 2 heterocycles. The van der Waals surface area contributed by atoms with Crippen LogP contribution in [-0.2, 0) is 16.6 Å². The van der Waals surface area contributed by atoms with E-state index in [0.29, 0.717) is 30.1 Å². The molecule has 1 aromatic heterocycles. The molecule has 1 aliphatic carbocycles. The highest BCUT2D eigenvalue weighted by Crippen LogP contribution is 2.37. The molecule has 0 bridgehead atoms.